The lowest BCUT2D eigenvalue weighted by Gasteiger charge is -2.07. The Morgan fingerprint density at radius 2 is 1.77 bits per heavy atom. The lowest BCUT2D eigenvalue weighted by Crippen LogP contribution is -2.37. The van der Waals surface area contributed by atoms with Crippen LogP contribution in [0.15, 0.2) is 38.6 Å². The van der Waals surface area contributed by atoms with Gasteiger partial charge in [-0.15, -0.1) is 0 Å². The fraction of sp³-hybridized carbons (Fsp3) is 0.214. The zero-order chi connectivity index (χ0) is 16.0. The predicted octanol–water partition coefficient (Wildman–Crippen LogP) is 0.429. The minimum absolute atomic E-state index is 0.145. The molecule has 1 N–H and O–H groups in total. The van der Waals surface area contributed by atoms with Crippen molar-refractivity contribution < 1.29 is 0 Å². The minimum atomic E-state index is -0.525. The summed E-state index contributed by atoms with van der Waals surface area (Å²) in [5, 5.41) is 0.505. The van der Waals surface area contributed by atoms with Gasteiger partial charge in [-0.3, -0.25) is 23.5 Å². The van der Waals surface area contributed by atoms with Crippen molar-refractivity contribution >= 4 is 22.8 Å². The molecule has 7 nitrogen and oxygen atoms in total. The monoisotopic (exact) mass is 320 g/mol. The van der Waals surface area contributed by atoms with E-state index >= 15 is 0 Å². The number of aromatic amines is 1. The lowest BCUT2D eigenvalue weighted by atomic mass is 10.2. The molecule has 114 valence electrons. The maximum absolute atomic E-state index is 12.3. The normalized spacial score (nSPS) is 11.2. The highest BCUT2D eigenvalue weighted by atomic mass is 35.5. The summed E-state index contributed by atoms with van der Waals surface area (Å²) in [4.78, 5) is 39.0. The van der Waals surface area contributed by atoms with Crippen molar-refractivity contribution in [3.63, 3.8) is 0 Å². The third-order valence-electron chi connectivity index (χ3n) is 3.67. The van der Waals surface area contributed by atoms with Crippen LogP contribution in [0.25, 0.3) is 11.2 Å². The van der Waals surface area contributed by atoms with Crippen LogP contribution < -0.4 is 16.9 Å². The minimum Gasteiger partial charge on any atom is -0.291 e. The average molecular weight is 321 g/mol. The molecule has 22 heavy (non-hydrogen) atoms. The topological polar surface area (TPSA) is 81.8 Å². The second kappa shape index (κ2) is 5.03. The first-order valence-electron chi connectivity index (χ1n) is 6.53. The van der Waals surface area contributed by atoms with Gasteiger partial charge in [0, 0.05) is 19.1 Å². The molecule has 0 aliphatic heterocycles. The highest BCUT2D eigenvalue weighted by Crippen LogP contribution is 2.16. The van der Waals surface area contributed by atoms with Gasteiger partial charge in [-0.2, -0.15) is 0 Å². The molecule has 0 bridgehead atoms. The van der Waals surface area contributed by atoms with Crippen molar-refractivity contribution in [3.8, 4) is 0 Å². The summed E-state index contributed by atoms with van der Waals surface area (Å²) in [5.41, 5.74) is -0.428. The SMILES string of the molecule is Cn1c(=O)c2c([nH]c(=O)n2Cc2ccccc2Cl)n(C)c1=O. The number of imidazole rings is 1. The van der Waals surface area contributed by atoms with Crippen molar-refractivity contribution in [1.82, 2.24) is 18.7 Å². The van der Waals surface area contributed by atoms with Gasteiger partial charge in [0.15, 0.2) is 5.52 Å². The van der Waals surface area contributed by atoms with Crippen LogP contribution in [-0.4, -0.2) is 18.7 Å². The number of rotatable bonds is 2. The van der Waals surface area contributed by atoms with Gasteiger partial charge in [0.05, 0.1) is 6.54 Å². The van der Waals surface area contributed by atoms with Crippen LogP contribution in [0.4, 0.5) is 0 Å². The molecule has 0 atom stereocenters. The summed E-state index contributed by atoms with van der Waals surface area (Å²) in [6.07, 6.45) is 0. The second-order valence-electron chi connectivity index (χ2n) is 5.01. The molecular formula is C14H13ClN4O3. The molecule has 0 saturated heterocycles. The first-order valence-corrected chi connectivity index (χ1v) is 6.91. The number of nitrogens with one attached hydrogen (secondary N) is 1. The predicted molar refractivity (Wildman–Crippen MR) is 83.6 cm³/mol. The van der Waals surface area contributed by atoms with E-state index in [1.54, 1.807) is 24.3 Å². The number of hydrogen-bond donors (Lipinski definition) is 1. The van der Waals surface area contributed by atoms with Gasteiger partial charge >= 0.3 is 11.4 Å². The van der Waals surface area contributed by atoms with E-state index in [4.69, 9.17) is 11.6 Å². The molecule has 1 aromatic carbocycles. The standard InChI is InChI=1S/C14H13ClN4O3/c1-17-11-10(12(20)18(2)14(17)22)19(13(21)16-11)7-8-5-3-4-6-9(8)15/h3-6H,7H2,1-2H3,(H,16,21). The Bertz CT molecular complexity index is 1050. The summed E-state index contributed by atoms with van der Waals surface area (Å²) < 4.78 is 3.50. The zero-order valence-electron chi connectivity index (χ0n) is 12.0. The number of benzene rings is 1. The number of aryl methyl sites for hydroxylation is 1. The summed E-state index contributed by atoms with van der Waals surface area (Å²) in [7, 11) is 2.88. The Balaban J connectivity index is 2.34. The highest BCUT2D eigenvalue weighted by Gasteiger charge is 2.17. The quantitative estimate of drug-likeness (QED) is 0.743. The summed E-state index contributed by atoms with van der Waals surface area (Å²) in [5.74, 6) is 0. The Labute approximate surface area is 129 Å². The number of H-pyrrole nitrogens is 1. The van der Waals surface area contributed by atoms with Crippen LogP contribution in [0.1, 0.15) is 5.56 Å². The third-order valence-corrected chi connectivity index (χ3v) is 4.04. The molecule has 0 unspecified atom stereocenters. The molecule has 0 fully saturated rings. The van der Waals surface area contributed by atoms with Gasteiger partial charge in [0.2, 0.25) is 0 Å². The van der Waals surface area contributed by atoms with E-state index in [0.29, 0.717) is 10.6 Å². The van der Waals surface area contributed by atoms with Crippen LogP contribution in [0.2, 0.25) is 5.02 Å². The number of hydrogen-bond acceptors (Lipinski definition) is 3. The third kappa shape index (κ3) is 2.01. The van der Waals surface area contributed by atoms with Crippen LogP contribution >= 0.6 is 11.6 Å². The van der Waals surface area contributed by atoms with Gasteiger partial charge in [0.1, 0.15) is 5.65 Å². The number of aromatic nitrogens is 4. The van der Waals surface area contributed by atoms with Crippen LogP contribution in [0.5, 0.6) is 0 Å². The maximum atomic E-state index is 12.3. The molecule has 2 aromatic heterocycles. The van der Waals surface area contributed by atoms with Crippen molar-refractivity contribution in [2.45, 2.75) is 6.54 Å². The fourth-order valence-corrected chi connectivity index (χ4v) is 2.63. The van der Waals surface area contributed by atoms with Crippen LogP contribution in [0, 0.1) is 0 Å². The van der Waals surface area contributed by atoms with Crippen LogP contribution in [-0.2, 0) is 20.6 Å². The Morgan fingerprint density at radius 1 is 1.09 bits per heavy atom. The van der Waals surface area contributed by atoms with E-state index in [-0.39, 0.29) is 17.7 Å². The maximum Gasteiger partial charge on any atom is 0.332 e. The smallest absolute Gasteiger partial charge is 0.291 e. The van der Waals surface area contributed by atoms with E-state index in [0.717, 1.165) is 4.57 Å². The number of fused-ring (bicyclic) bond motifs is 1. The van der Waals surface area contributed by atoms with Crippen molar-refractivity contribution in [3.05, 3.63) is 66.2 Å². The Morgan fingerprint density at radius 3 is 2.45 bits per heavy atom. The first-order chi connectivity index (χ1) is 10.4. The molecule has 0 aliphatic carbocycles. The van der Waals surface area contributed by atoms with Crippen molar-refractivity contribution in [2.24, 2.45) is 14.1 Å². The molecule has 8 heteroatoms. The first kappa shape index (κ1) is 14.4. The van der Waals surface area contributed by atoms with Gasteiger partial charge in [-0.1, -0.05) is 29.8 Å². The molecule has 3 rings (SSSR count). The van der Waals surface area contributed by atoms with Crippen molar-refractivity contribution in [2.75, 3.05) is 0 Å². The summed E-state index contributed by atoms with van der Waals surface area (Å²) in [6, 6.07) is 7.08. The molecular weight excluding hydrogens is 308 g/mol. The molecule has 0 radical (unpaired) electrons. The molecule has 0 aliphatic rings. The highest BCUT2D eigenvalue weighted by molar-refractivity contribution is 6.31. The fourth-order valence-electron chi connectivity index (χ4n) is 2.43. The van der Waals surface area contributed by atoms with E-state index in [9.17, 15) is 14.4 Å². The van der Waals surface area contributed by atoms with E-state index in [2.05, 4.69) is 4.98 Å². The van der Waals surface area contributed by atoms with Gasteiger partial charge in [0.25, 0.3) is 5.56 Å². The molecule has 2 heterocycles. The van der Waals surface area contributed by atoms with E-state index < -0.39 is 16.9 Å². The van der Waals surface area contributed by atoms with Crippen molar-refractivity contribution in [1.29, 1.82) is 0 Å². The average Bonchev–Trinajstić information content (AvgIpc) is 2.82. The Hall–Kier alpha value is -2.54. The summed E-state index contributed by atoms with van der Waals surface area (Å²) >= 11 is 6.11. The Kier molecular flexibility index (Phi) is 3.29. The van der Waals surface area contributed by atoms with E-state index in [1.165, 1.54) is 23.2 Å². The largest absolute Gasteiger partial charge is 0.332 e. The lowest BCUT2D eigenvalue weighted by molar-refractivity contribution is 0.701. The van der Waals surface area contributed by atoms with Gasteiger partial charge in [-0.25, -0.2) is 9.59 Å². The van der Waals surface area contributed by atoms with Crippen LogP contribution in [0.3, 0.4) is 0 Å². The molecule has 3 aromatic rings. The number of nitrogens with zero attached hydrogens (tertiary/aromatic N) is 3. The van der Waals surface area contributed by atoms with E-state index in [1.807, 2.05) is 0 Å². The molecule has 0 spiro atoms. The zero-order valence-corrected chi connectivity index (χ0v) is 12.7. The number of halogens is 1. The second-order valence-corrected chi connectivity index (χ2v) is 5.42. The van der Waals surface area contributed by atoms with Gasteiger partial charge < -0.3 is 0 Å². The van der Waals surface area contributed by atoms with Gasteiger partial charge in [-0.05, 0) is 11.6 Å². The molecule has 0 saturated carbocycles. The summed E-state index contributed by atoms with van der Waals surface area (Å²) in [6.45, 7) is 0.145. The molecule has 0 amide bonds.